The fourth-order valence-corrected chi connectivity index (χ4v) is 8.28. The zero-order valence-electron chi connectivity index (χ0n) is 28.2. The number of fused-ring (bicyclic) bond motifs is 2. The van der Waals surface area contributed by atoms with Crippen molar-refractivity contribution in [3.05, 3.63) is 62.7 Å². The Hall–Kier alpha value is -4.03. The Morgan fingerprint density at radius 3 is 2.44 bits per heavy atom. The van der Waals surface area contributed by atoms with Crippen molar-refractivity contribution >= 4 is 28.6 Å². The van der Waals surface area contributed by atoms with Gasteiger partial charge in [0.1, 0.15) is 6.04 Å². The highest BCUT2D eigenvalue weighted by molar-refractivity contribution is 5.98. The van der Waals surface area contributed by atoms with Gasteiger partial charge in [0.05, 0.1) is 11.7 Å². The minimum Gasteiger partial charge on any atom is -0.338 e. The molecule has 0 spiro atoms. The zero-order chi connectivity index (χ0) is 33.4. The van der Waals surface area contributed by atoms with Crippen molar-refractivity contribution in [3.8, 4) is 0 Å². The number of aromatic nitrogens is 3. The van der Waals surface area contributed by atoms with Crippen LogP contribution >= 0.6 is 0 Å². The Balaban J connectivity index is 1.02. The Morgan fingerprint density at radius 2 is 1.69 bits per heavy atom. The van der Waals surface area contributed by atoms with Crippen LogP contribution in [0.2, 0.25) is 0 Å². The highest BCUT2D eigenvalue weighted by atomic mass is 16.2. The molecule has 7 rings (SSSR count). The van der Waals surface area contributed by atoms with E-state index in [-0.39, 0.29) is 29.2 Å². The summed E-state index contributed by atoms with van der Waals surface area (Å²) in [5.74, 6) is 0.0175. The molecule has 12 nitrogen and oxygen atoms in total. The summed E-state index contributed by atoms with van der Waals surface area (Å²) in [7, 11) is 2.18. The molecule has 5 heterocycles. The SMILES string of the molecule is Cc1cc(C[C@@H](NC(=O)N2CCC(c3cc4c([nH]c3=O)CCCC4=O)CC2)C(=O)N2CCN(C3CCN(C)CC3)CC2)cc2cn[nH]c12. The molecule has 48 heavy (non-hydrogen) atoms. The number of likely N-dealkylation sites (tertiary alicyclic amines) is 2. The Bertz CT molecular complexity index is 1730. The predicted octanol–water partition coefficient (Wildman–Crippen LogP) is 2.82. The zero-order valence-corrected chi connectivity index (χ0v) is 28.2. The van der Waals surface area contributed by atoms with Gasteiger partial charge in [-0.3, -0.25) is 24.4 Å². The van der Waals surface area contributed by atoms with E-state index in [0.29, 0.717) is 69.0 Å². The fourth-order valence-electron chi connectivity index (χ4n) is 8.28. The quantitative estimate of drug-likeness (QED) is 0.371. The van der Waals surface area contributed by atoms with Gasteiger partial charge in [0, 0.05) is 80.4 Å². The second-order valence-electron chi connectivity index (χ2n) is 14.3. The Labute approximate surface area is 281 Å². The van der Waals surface area contributed by atoms with E-state index in [1.807, 2.05) is 17.9 Å². The van der Waals surface area contributed by atoms with Crippen LogP contribution in [0.3, 0.4) is 0 Å². The number of piperazine rings is 1. The van der Waals surface area contributed by atoms with Gasteiger partial charge in [-0.15, -0.1) is 0 Å². The van der Waals surface area contributed by atoms with Gasteiger partial charge in [0.15, 0.2) is 5.78 Å². The molecule has 3 aliphatic heterocycles. The number of Topliss-reactive ketones (excluding diaryl/α,β-unsaturated/α-hetero) is 1. The van der Waals surface area contributed by atoms with Crippen molar-refractivity contribution < 1.29 is 14.4 Å². The van der Waals surface area contributed by atoms with Gasteiger partial charge in [-0.05, 0) is 94.8 Å². The van der Waals surface area contributed by atoms with Crippen molar-refractivity contribution in [1.82, 2.24) is 40.1 Å². The Morgan fingerprint density at radius 1 is 0.938 bits per heavy atom. The molecule has 1 atom stereocenters. The van der Waals surface area contributed by atoms with Gasteiger partial charge in [-0.25, -0.2) is 4.79 Å². The predicted molar refractivity (Wildman–Crippen MR) is 183 cm³/mol. The maximum absolute atomic E-state index is 14.1. The van der Waals surface area contributed by atoms with Crippen LogP contribution in [0.15, 0.2) is 29.2 Å². The molecule has 4 aliphatic rings. The third kappa shape index (κ3) is 6.78. The number of H-pyrrole nitrogens is 2. The first-order valence-corrected chi connectivity index (χ1v) is 17.7. The summed E-state index contributed by atoms with van der Waals surface area (Å²) in [6, 6.07) is 5.52. The highest BCUT2D eigenvalue weighted by Crippen LogP contribution is 2.29. The van der Waals surface area contributed by atoms with Crippen LogP contribution in [0, 0.1) is 6.92 Å². The van der Waals surface area contributed by atoms with E-state index in [4.69, 9.17) is 0 Å². The van der Waals surface area contributed by atoms with E-state index in [2.05, 4.69) is 43.4 Å². The molecule has 12 heteroatoms. The molecule has 0 unspecified atom stereocenters. The standard InChI is InChI=1S/C36H48N8O4/c1-23-18-24(19-26-22-37-40-33(23)26)20-31(35(47)43-16-14-42(15-17-43)27-8-10-41(2)11-9-27)39-36(48)44-12-6-25(7-13-44)28-21-29-30(38-34(28)46)4-3-5-32(29)45/h18-19,21-22,25,27,31H,3-17,20H2,1-2H3,(H,37,40)(H,38,46)(H,39,48)/t31-/m1/s1. The molecule has 1 aromatic carbocycles. The smallest absolute Gasteiger partial charge is 0.318 e. The number of carbonyl (C=O) groups excluding carboxylic acids is 3. The van der Waals surface area contributed by atoms with Crippen LogP contribution in [0.1, 0.15) is 77.2 Å². The molecule has 1 aliphatic carbocycles. The van der Waals surface area contributed by atoms with E-state index in [9.17, 15) is 19.2 Å². The molecular weight excluding hydrogens is 608 g/mol. The van der Waals surface area contributed by atoms with Gasteiger partial charge >= 0.3 is 6.03 Å². The van der Waals surface area contributed by atoms with Crippen LogP contribution in [-0.2, 0) is 17.6 Å². The summed E-state index contributed by atoms with van der Waals surface area (Å²) in [4.78, 5) is 65.0. The number of nitrogens with one attached hydrogen (secondary N) is 3. The van der Waals surface area contributed by atoms with E-state index < -0.39 is 6.04 Å². The largest absolute Gasteiger partial charge is 0.338 e. The van der Waals surface area contributed by atoms with Crippen LogP contribution in [0.5, 0.6) is 0 Å². The van der Waals surface area contributed by atoms with Gasteiger partial charge in [0.2, 0.25) is 5.91 Å². The van der Waals surface area contributed by atoms with E-state index >= 15 is 0 Å². The topological polar surface area (TPSA) is 138 Å². The van der Waals surface area contributed by atoms with E-state index in [0.717, 1.165) is 79.6 Å². The minimum atomic E-state index is -0.705. The second kappa shape index (κ2) is 13.8. The molecule has 0 saturated carbocycles. The van der Waals surface area contributed by atoms with E-state index in [1.165, 1.54) is 0 Å². The maximum Gasteiger partial charge on any atom is 0.318 e. The summed E-state index contributed by atoms with van der Waals surface area (Å²) < 4.78 is 0. The second-order valence-corrected chi connectivity index (χ2v) is 14.3. The number of amides is 3. The first-order chi connectivity index (χ1) is 23.2. The van der Waals surface area contributed by atoms with Gasteiger partial charge < -0.3 is 25.0 Å². The number of hydrogen-bond donors (Lipinski definition) is 3. The van der Waals surface area contributed by atoms with Crippen molar-refractivity contribution in [2.24, 2.45) is 0 Å². The molecule has 3 fully saturated rings. The van der Waals surface area contributed by atoms with E-state index in [1.54, 1.807) is 17.2 Å². The highest BCUT2D eigenvalue weighted by Gasteiger charge is 2.34. The lowest BCUT2D eigenvalue weighted by Crippen LogP contribution is -2.59. The Kier molecular flexibility index (Phi) is 9.37. The summed E-state index contributed by atoms with van der Waals surface area (Å²) in [5.41, 5.74) is 4.90. The third-order valence-corrected chi connectivity index (χ3v) is 11.2. The average molecular weight is 657 g/mol. The molecule has 3 saturated heterocycles. The normalized spacial score (nSPS) is 21.0. The molecule has 0 radical (unpaired) electrons. The number of pyridine rings is 1. The average Bonchev–Trinajstić information content (AvgIpc) is 3.58. The molecule has 256 valence electrons. The number of benzene rings is 1. The van der Waals surface area contributed by atoms with Crippen molar-refractivity contribution in [2.75, 3.05) is 59.4 Å². The summed E-state index contributed by atoms with van der Waals surface area (Å²) in [5, 5.41) is 11.3. The monoisotopic (exact) mass is 656 g/mol. The number of ketones is 1. The molecule has 3 N–H and O–H groups in total. The minimum absolute atomic E-state index is 0.0271. The number of carbonyl (C=O) groups is 3. The number of nitrogens with zero attached hydrogens (tertiary/aromatic N) is 5. The number of aromatic amines is 2. The van der Waals surface area contributed by atoms with Crippen LogP contribution in [0.4, 0.5) is 4.79 Å². The molecule has 3 amide bonds. The van der Waals surface area contributed by atoms with Crippen LogP contribution < -0.4 is 10.9 Å². The van der Waals surface area contributed by atoms with Crippen LogP contribution in [0.25, 0.3) is 10.9 Å². The van der Waals surface area contributed by atoms with Crippen molar-refractivity contribution in [1.29, 1.82) is 0 Å². The van der Waals surface area contributed by atoms with Crippen LogP contribution in [-0.4, -0.2) is 124 Å². The number of urea groups is 1. The first kappa shape index (κ1) is 32.5. The lowest BCUT2D eigenvalue weighted by Gasteiger charge is -2.43. The summed E-state index contributed by atoms with van der Waals surface area (Å²) in [6.45, 7) is 8.19. The molecule has 0 bridgehead atoms. The number of piperidine rings is 2. The number of rotatable bonds is 6. The third-order valence-electron chi connectivity index (χ3n) is 11.2. The molecule has 2 aromatic heterocycles. The molecular formula is C36H48N8O4. The summed E-state index contributed by atoms with van der Waals surface area (Å²) >= 11 is 0. The van der Waals surface area contributed by atoms with Crippen molar-refractivity contribution in [2.45, 2.75) is 76.3 Å². The fraction of sp³-hybridized carbons (Fsp3) is 0.583. The van der Waals surface area contributed by atoms with Gasteiger partial charge in [0.25, 0.3) is 5.56 Å². The first-order valence-electron chi connectivity index (χ1n) is 17.7. The number of aryl methyl sites for hydroxylation is 2. The summed E-state index contributed by atoms with van der Waals surface area (Å²) in [6.07, 6.45) is 7.75. The lowest BCUT2D eigenvalue weighted by atomic mass is 9.86. The maximum atomic E-state index is 14.1. The van der Waals surface area contributed by atoms with Gasteiger partial charge in [-0.1, -0.05) is 6.07 Å². The molecule has 3 aromatic rings. The number of hydrogen-bond acceptors (Lipinski definition) is 7. The lowest BCUT2D eigenvalue weighted by molar-refractivity contribution is -0.135. The van der Waals surface area contributed by atoms with Gasteiger partial charge in [-0.2, -0.15) is 5.10 Å². The van der Waals surface area contributed by atoms with Crippen molar-refractivity contribution in [3.63, 3.8) is 0 Å².